The quantitative estimate of drug-likeness (QED) is 0.504. The fourth-order valence-corrected chi connectivity index (χ4v) is 3.69. The van der Waals surface area contributed by atoms with Crippen molar-refractivity contribution >= 4 is 22.9 Å². The van der Waals surface area contributed by atoms with Crippen LogP contribution in [0.3, 0.4) is 0 Å². The molecule has 0 bridgehead atoms. The average Bonchev–Trinajstić information content (AvgIpc) is 3.14. The van der Waals surface area contributed by atoms with Crippen molar-refractivity contribution in [2.24, 2.45) is 5.73 Å². The first-order chi connectivity index (χ1) is 15.4. The van der Waals surface area contributed by atoms with Crippen LogP contribution in [0.15, 0.2) is 39.6 Å². The number of hydrogen-bond donors (Lipinski definition) is 1. The number of rotatable bonds is 10. The van der Waals surface area contributed by atoms with Crippen molar-refractivity contribution in [2.45, 2.75) is 39.3 Å². The van der Waals surface area contributed by atoms with Crippen LogP contribution in [0, 0.1) is 6.92 Å². The molecular weight excluding hydrogens is 414 g/mol. The lowest BCUT2D eigenvalue weighted by molar-refractivity contribution is -0.138. The highest BCUT2D eigenvalue weighted by Crippen LogP contribution is 2.25. The summed E-state index contributed by atoms with van der Waals surface area (Å²) in [5, 5.41) is 4.18. The molecule has 0 saturated heterocycles. The average molecular weight is 441 g/mol. The predicted octanol–water partition coefficient (Wildman–Crippen LogP) is 1.54. The Hall–Kier alpha value is -3.53. The highest BCUT2D eigenvalue weighted by molar-refractivity contribution is 5.80. The van der Waals surface area contributed by atoms with E-state index in [1.165, 1.54) is 16.6 Å². The molecule has 10 nitrogen and oxygen atoms in total. The predicted molar refractivity (Wildman–Crippen MR) is 117 cm³/mol. The summed E-state index contributed by atoms with van der Waals surface area (Å²) >= 11 is 0. The maximum Gasteiger partial charge on any atom is 0.267 e. The number of carbonyl (C=O) groups excluding carboxylic acids is 2. The van der Waals surface area contributed by atoms with Crippen LogP contribution >= 0.6 is 0 Å². The molecule has 0 saturated carbocycles. The van der Waals surface area contributed by atoms with Crippen LogP contribution in [0.4, 0.5) is 0 Å². The van der Waals surface area contributed by atoms with Crippen molar-refractivity contribution in [3.63, 3.8) is 0 Å². The molecule has 0 aliphatic carbocycles. The van der Waals surface area contributed by atoms with Gasteiger partial charge in [-0.3, -0.25) is 19.0 Å². The first-order valence-corrected chi connectivity index (χ1v) is 10.3. The Balaban J connectivity index is 2.17. The molecule has 0 spiro atoms. The van der Waals surface area contributed by atoms with E-state index < -0.39 is 11.9 Å². The standard InChI is InChI=1S/C22H27N5O5/c1-4-16(26(11-10-17(23)28)18(29)13-31-3)20-24-21-19(14(2)25-32-21)22(30)27(20)12-15-8-6-5-7-9-15/h5-9,16H,4,10-13H2,1-3H3,(H2,23,28). The molecule has 2 N–H and O–H groups in total. The molecule has 0 aliphatic heterocycles. The van der Waals surface area contributed by atoms with E-state index in [9.17, 15) is 14.4 Å². The first-order valence-electron chi connectivity index (χ1n) is 10.3. The van der Waals surface area contributed by atoms with E-state index in [-0.39, 0.29) is 43.3 Å². The fourth-order valence-electron chi connectivity index (χ4n) is 3.69. The molecule has 1 atom stereocenters. The van der Waals surface area contributed by atoms with Crippen LogP contribution in [0.5, 0.6) is 0 Å². The minimum absolute atomic E-state index is 0.0292. The molecule has 0 fully saturated rings. The van der Waals surface area contributed by atoms with Gasteiger partial charge in [-0.1, -0.05) is 42.4 Å². The van der Waals surface area contributed by atoms with E-state index in [0.717, 1.165) is 5.56 Å². The van der Waals surface area contributed by atoms with Crippen molar-refractivity contribution in [3.8, 4) is 0 Å². The molecular formula is C22H27N5O5. The number of nitrogens with two attached hydrogens (primary N) is 1. The highest BCUT2D eigenvalue weighted by Gasteiger charge is 2.30. The number of methoxy groups -OCH3 is 1. The van der Waals surface area contributed by atoms with Gasteiger partial charge in [-0.05, 0) is 18.9 Å². The van der Waals surface area contributed by atoms with Crippen LogP contribution < -0.4 is 11.3 Å². The van der Waals surface area contributed by atoms with Crippen LogP contribution in [0.25, 0.3) is 11.1 Å². The number of fused-ring (bicyclic) bond motifs is 1. The Morgan fingerprint density at radius 1 is 1.28 bits per heavy atom. The largest absolute Gasteiger partial charge is 0.375 e. The third kappa shape index (κ3) is 4.86. The number of nitrogens with zero attached hydrogens (tertiary/aromatic N) is 4. The van der Waals surface area contributed by atoms with E-state index in [1.807, 2.05) is 37.3 Å². The number of carbonyl (C=O) groups is 2. The summed E-state index contributed by atoms with van der Waals surface area (Å²) in [5.41, 5.74) is 6.47. The molecule has 2 heterocycles. The Bertz CT molecular complexity index is 1150. The van der Waals surface area contributed by atoms with Gasteiger partial charge in [0.2, 0.25) is 11.8 Å². The molecule has 32 heavy (non-hydrogen) atoms. The number of amides is 2. The Kier molecular flexibility index (Phi) is 7.37. The van der Waals surface area contributed by atoms with Crippen molar-refractivity contribution in [2.75, 3.05) is 20.3 Å². The third-order valence-corrected chi connectivity index (χ3v) is 5.23. The van der Waals surface area contributed by atoms with Crippen molar-refractivity contribution in [3.05, 3.63) is 57.8 Å². The van der Waals surface area contributed by atoms with E-state index >= 15 is 0 Å². The van der Waals surface area contributed by atoms with Crippen molar-refractivity contribution in [1.29, 1.82) is 0 Å². The fraction of sp³-hybridized carbons (Fsp3) is 0.409. The van der Waals surface area contributed by atoms with Gasteiger partial charge < -0.3 is 19.9 Å². The van der Waals surface area contributed by atoms with Gasteiger partial charge in [0.1, 0.15) is 17.8 Å². The van der Waals surface area contributed by atoms with Gasteiger partial charge in [-0.2, -0.15) is 4.98 Å². The molecule has 170 valence electrons. The number of benzene rings is 1. The minimum Gasteiger partial charge on any atom is -0.375 e. The molecule has 3 aromatic rings. The number of ether oxygens (including phenoxy) is 1. The van der Waals surface area contributed by atoms with E-state index in [0.29, 0.717) is 23.3 Å². The maximum absolute atomic E-state index is 13.5. The second-order valence-electron chi connectivity index (χ2n) is 7.46. The Labute approximate surface area is 184 Å². The van der Waals surface area contributed by atoms with Gasteiger partial charge >= 0.3 is 0 Å². The maximum atomic E-state index is 13.5. The zero-order chi connectivity index (χ0) is 23.3. The summed E-state index contributed by atoms with van der Waals surface area (Å²) in [6.07, 6.45) is 0.409. The molecule has 2 aromatic heterocycles. The van der Waals surface area contributed by atoms with Gasteiger partial charge in [0.15, 0.2) is 0 Å². The van der Waals surface area contributed by atoms with Gasteiger partial charge in [-0.25, -0.2) is 0 Å². The molecule has 3 rings (SSSR count). The normalized spacial score (nSPS) is 12.1. The Morgan fingerprint density at radius 2 is 2.00 bits per heavy atom. The number of primary amides is 1. The van der Waals surface area contributed by atoms with Gasteiger partial charge in [0, 0.05) is 20.1 Å². The second kappa shape index (κ2) is 10.2. The molecule has 0 radical (unpaired) electrons. The molecule has 2 amide bonds. The lowest BCUT2D eigenvalue weighted by Crippen LogP contribution is -2.42. The number of aromatic nitrogens is 3. The lowest BCUT2D eigenvalue weighted by atomic mass is 10.1. The SMILES string of the molecule is CCC(c1nc2onc(C)c2c(=O)n1Cc1ccccc1)N(CCC(N)=O)C(=O)COC. The van der Waals surface area contributed by atoms with Crippen LogP contribution in [0.1, 0.15) is 42.9 Å². The topological polar surface area (TPSA) is 134 Å². The van der Waals surface area contributed by atoms with Gasteiger partial charge in [0.05, 0.1) is 18.3 Å². The third-order valence-electron chi connectivity index (χ3n) is 5.23. The van der Waals surface area contributed by atoms with Crippen molar-refractivity contribution in [1.82, 2.24) is 19.6 Å². The zero-order valence-corrected chi connectivity index (χ0v) is 18.4. The smallest absolute Gasteiger partial charge is 0.267 e. The summed E-state index contributed by atoms with van der Waals surface area (Å²) in [4.78, 5) is 43.8. The molecule has 1 aromatic carbocycles. The number of aryl methyl sites for hydroxylation is 1. The van der Waals surface area contributed by atoms with Crippen molar-refractivity contribution < 1.29 is 18.8 Å². The monoisotopic (exact) mass is 441 g/mol. The zero-order valence-electron chi connectivity index (χ0n) is 18.4. The summed E-state index contributed by atoms with van der Waals surface area (Å²) < 4.78 is 11.8. The van der Waals surface area contributed by atoms with Gasteiger partial charge in [-0.15, -0.1) is 0 Å². The minimum atomic E-state index is -0.608. The summed E-state index contributed by atoms with van der Waals surface area (Å²) in [6.45, 7) is 3.70. The van der Waals surface area contributed by atoms with E-state index in [1.54, 1.807) is 6.92 Å². The van der Waals surface area contributed by atoms with Crippen LogP contribution in [-0.4, -0.2) is 51.7 Å². The second-order valence-corrected chi connectivity index (χ2v) is 7.46. The van der Waals surface area contributed by atoms with E-state index in [2.05, 4.69) is 10.1 Å². The first kappa shape index (κ1) is 23.1. The molecule has 0 aliphatic rings. The summed E-state index contributed by atoms with van der Waals surface area (Å²) in [7, 11) is 1.41. The summed E-state index contributed by atoms with van der Waals surface area (Å²) in [6, 6.07) is 8.86. The van der Waals surface area contributed by atoms with Crippen LogP contribution in [0.2, 0.25) is 0 Å². The number of hydrogen-bond acceptors (Lipinski definition) is 7. The highest BCUT2D eigenvalue weighted by atomic mass is 16.5. The van der Waals surface area contributed by atoms with Gasteiger partial charge in [0.25, 0.3) is 11.3 Å². The molecule has 10 heteroatoms. The van der Waals surface area contributed by atoms with Crippen LogP contribution in [-0.2, 0) is 20.9 Å². The summed E-state index contributed by atoms with van der Waals surface area (Å²) in [5.74, 6) is -0.528. The molecule has 1 unspecified atom stereocenters. The Morgan fingerprint density at radius 3 is 2.62 bits per heavy atom. The lowest BCUT2D eigenvalue weighted by Gasteiger charge is -2.31. The van der Waals surface area contributed by atoms with E-state index in [4.69, 9.17) is 15.0 Å².